The van der Waals surface area contributed by atoms with Crippen LogP contribution in [0.25, 0.3) is 0 Å². The average Bonchev–Trinajstić information content (AvgIpc) is 2.72. The molecule has 3 aromatic rings. The molecule has 1 heterocycles. The minimum Gasteiger partial charge on any atom is -0.462 e. The Morgan fingerprint density at radius 3 is 2.48 bits per heavy atom. The molecule has 0 saturated heterocycles. The molecule has 0 atom stereocenters. The minimum atomic E-state index is -0.393. The maximum absolute atomic E-state index is 12.3. The highest BCUT2D eigenvalue weighted by Gasteiger charge is 2.12. The fraction of sp³-hybridized carbons (Fsp3) is 0.174. The number of hydrogen-bond acceptors (Lipinski definition) is 5. The number of benzene rings is 2. The van der Waals surface area contributed by atoms with Gasteiger partial charge in [-0.15, -0.1) is 0 Å². The molecule has 1 aromatic heterocycles. The van der Waals surface area contributed by atoms with Gasteiger partial charge in [0.1, 0.15) is 5.82 Å². The molecule has 0 aliphatic heterocycles. The quantitative estimate of drug-likeness (QED) is 0.582. The Morgan fingerprint density at radius 2 is 1.76 bits per heavy atom. The van der Waals surface area contributed by atoms with E-state index in [1.165, 1.54) is 0 Å². The molecule has 2 aromatic carbocycles. The summed E-state index contributed by atoms with van der Waals surface area (Å²) in [6.45, 7) is 4.06. The molecule has 0 spiro atoms. The lowest BCUT2D eigenvalue weighted by atomic mass is 10.1. The molecule has 6 nitrogen and oxygen atoms in total. The molecule has 0 aliphatic rings. The Balaban J connectivity index is 1.64. The first-order chi connectivity index (χ1) is 14.1. The zero-order valence-electron chi connectivity index (χ0n) is 16.4. The topological polar surface area (TPSA) is 80.3 Å². The van der Waals surface area contributed by atoms with Gasteiger partial charge < -0.3 is 15.4 Å². The van der Waals surface area contributed by atoms with Crippen LogP contribution in [0.1, 0.15) is 28.4 Å². The third-order valence-electron chi connectivity index (χ3n) is 4.34. The maximum atomic E-state index is 12.3. The van der Waals surface area contributed by atoms with Crippen LogP contribution < -0.4 is 10.6 Å². The lowest BCUT2D eigenvalue weighted by Crippen LogP contribution is -2.15. The van der Waals surface area contributed by atoms with E-state index in [1.807, 2.05) is 37.3 Å². The van der Waals surface area contributed by atoms with Crippen molar-refractivity contribution in [2.75, 3.05) is 17.2 Å². The number of nitrogens with zero attached hydrogens (tertiary/aromatic N) is 1. The van der Waals surface area contributed by atoms with Crippen molar-refractivity contribution in [3.8, 4) is 0 Å². The third kappa shape index (κ3) is 5.42. The van der Waals surface area contributed by atoms with Crippen LogP contribution in [0.5, 0.6) is 0 Å². The van der Waals surface area contributed by atoms with E-state index >= 15 is 0 Å². The normalized spacial score (nSPS) is 10.3. The molecule has 148 valence electrons. The van der Waals surface area contributed by atoms with E-state index in [4.69, 9.17) is 4.74 Å². The van der Waals surface area contributed by atoms with Crippen LogP contribution in [0.15, 0.2) is 66.9 Å². The molecule has 0 saturated carbocycles. The van der Waals surface area contributed by atoms with Crippen LogP contribution in [-0.2, 0) is 16.0 Å². The van der Waals surface area contributed by atoms with Crippen LogP contribution in [0.3, 0.4) is 0 Å². The molecular formula is C23H23N3O3. The molecule has 0 aliphatic carbocycles. The van der Waals surface area contributed by atoms with Gasteiger partial charge in [0.2, 0.25) is 5.91 Å². The van der Waals surface area contributed by atoms with Gasteiger partial charge in [0.25, 0.3) is 0 Å². The molecule has 0 radical (unpaired) electrons. The molecule has 3 rings (SSSR count). The number of anilines is 3. The van der Waals surface area contributed by atoms with Crippen LogP contribution in [0, 0.1) is 6.92 Å². The van der Waals surface area contributed by atoms with Crippen molar-refractivity contribution in [1.82, 2.24) is 4.98 Å². The Bertz CT molecular complexity index is 1000. The number of hydrogen-bond donors (Lipinski definition) is 2. The van der Waals surface area contributed by atoms with E-state index in [9.17, 15) is 9.59 Å². The second-order valence-electron chi connectivity index (χ2n) is 6.47. The Morgan fingerprint density at radius 1 is 1.00 bits per heavy atom. The number of carbonyl (C=O) groups excluding carboxylic acids is 2. The third-order valence-corrected chi connectivity index (χ3v) is 4.34. The van der Waals surface area contributed by atoms with E-state index < -0.39 is 5.97 Å². The summed E-state index contributed by atoms with van der Waals surface area (Å²) in [6.07, 6.45) is 1.88. The molecule has 29 heavy (non-hydrogen) atoms. The number of aromatic nitrogens is 1. The van der Waals surface area contributed by atoms with Gasteiger partial charge in [0.15, 0.2) is 0 Å². The first-order valence-corrected chi connectivity index (χ1v) is 9.40. The average molecular weight is 389 g/mol. The first kappa shape index (κ1) is 20.1. The van der Waals surface area contributed by atoms with Crippen molar-refractivity contribution in [2.24, 2.45) is 0 Å². The smallest absolute Gasteiger partial charge is 0.340 e. The van der Waals surface area contributed by atoms with Gasteiger partial charge in [0.05, 0.1) is 36.2 Å². The highest BCUT2D eigenvalue weighted by atomic mass is 16.5. The van der Waals surface area contributed by atoms with Crippen LogP contribution >= 0.6 is 0 Å². The van der Waals surface area contributed by atoms with Crippen molar-refractivity contribution < 1.29 is 14.3 Å². The van der Waals surface area contributed by atoms with E-state index in [1.54, 1.807) is 43.5 Å². The number of esters is 1. The lowest BCUT2D eigenvalue weighted by molar-refractivity contribution is -0.115. The van der Waals surface area contributed by atoms with Crippen molar-refractivity contribution >= 4 is 29.1 Å². The lowest BCUT2D eigenvalue weighted by Gasteiger charge is -2.11. The SMILES string of the molecule is CCOC(=O)c1ccccc1Nc1ccc(NC(=O)Cc2ccccc2C)cn1. The standard InChI is InChI=1S/C23H23N3O3/c1-3-29-23(28)19-10-6-7-11-20(19)26-21-13-12-18(15-24-21)25-22(27)14-17-9-5-4-8-16(17)2/h4-13,15H,3,14H2,1-2H3,(H,24,26)(H,25,27). The summed E-state index contributed by atoms with van der Waals surface area (Å²) in [5.74, 6) is 0.0591. The van der Waals surface area contributed by atoms with Gasteiger partial charge in [-0.3, -0.25) is 4.79 Å². The van der Waals surface area contributed by atoms with Crippen molar-refractivity contribution in [2.45, 2.75) is 20.3 Å². The number of para-hydroxylation sites is 1. The summed E-state index contributed by atoms with van der Waals surface area (Å²) < 4.78 is 5.08. The van der Waals surface area contributed by atoms with Gasteiger partial charge in [-0.05, 0) is 49.2 Å². The molecule has 2 N–H and O–H groups in total. The van der Waals surface area contributed by atoms with Crippen LogP contribution in [-0.4, -0.2) is 23.5 Å². The number of rotatable bonds is 7. The van der Waals surface area contributed by atoms with Crippen molar-refractivity contribution in [3.63, 3.8) is 0 Å². The number of nitrogens with one attached hydrogen (secondary N) is 2. The van der Waals surface area contributed by atoms with Crippen LogP contribution in [0.2, 0.25) is 0 Å². The molecular weight excluding hydrogens is 366 g/mol. The van der Waals surface area contributed by atoms with Crippen LogP contribution in [0.4, 0.5) is 17.2 Å². The van der Waals surface area contributed by atoms with Crippen molar-refractivity contribution in [1.29, 1.82) is 0 Å². The minimum absolute atomic E-state index is 0.102. The summed E-state index contributed by atoms with van der Waals surface area (Å²) in [6, 6.07) is 18.4. The number of aryl methyl sites for hydroxylation is 1. The Hall–Kier alpha value is -3.67. The van der Waals surface area contributed by atoms with E-state index in [-0.39, 0.29) is 5.91 Å². The van der Waals surface area contributed by atoms with Gasteiger partial charge in [-0.25, -0.2) is 9.78 Å². The molecule has 0 bridgehead atoms. The number of amides is 1. The van der Waals surface area contributed by atoms with Gasteiger partial charge in [0, 0.05) is 0 Å². The van der Waals surface area contributed by atoms with Gasteiger partial charge in [-0.2, -0.15) is 0 Å². The molecule has 1 amide bonds. The Kier molecular flexibility index (Phi) is 6.58. The zero-order chi connectivity index (χ0) is 20.6. The predicted molar refractivity (Wildman–Crippen MR) is 113 cm³/mol. The monoisotopic (exact) mass is 389 g/mol. The fourth-order valence-corrected chi connectivity index (χ4v) is 2.85. The second-order valence-corrected chi connectivity index (χ2v) is 6.47. The highest BCUT2D eigenvalue weighted by molar-refractivity contribution is 5.96. The van der Waals surface area contributed by atoms with Crippen molar-refractivity contribution in [3.05, 3.63) is 83.6 Å². The molecule has 6 heteroatoms. The van der Waals surface area contributed by atoms with E-state index in [2.05, 4.69) is 15.6 Å². The number of pyridine rings is 1. The summed E-state index contributed by atoms with van der Waals surface area (Å²) in [4.78, 5) is 28.7. The fourth-order valence-electron chi connectivity index (χ4n) is 2.85. The van der Waals surface area contributed by atoms with Gasteiger partial charge >= 0.3 is 5.97 Å². The summed E-state index contributed by atoms with van der Waals surface area (Å²) >= 11 is 0. The number of ether oxygens (including phenoxy) is 1. The van der Waals surface area contributed by atoms with E-state index in [0.717, 1.165) is 11.1 Å². The highest BCUT2D eigenvalue weighted by Crippen LogP contribution is 2.21. The summed E-state index contributed by atoms with van der Waals surface area (Å²) in [5.41, 5.74) is 3.72. The molecule has 0 fully saturated rings. The van der Waals surface area contributed by atoms with E-state index in [0.29, 0.717) is 35.8 Å². The first-order valence-electron chi connectivity index (χ1n) is 9.40. The van der Waals surface area contributed by atoms with Gasteiger partial charge in [-0.1, -0.05) is 36.4 Å². The summed E-state index contributed by atoms with van der Waals surface area (Å²) in [7, 11) is 0. The predicted octanol–water partition coefficient (Wildman–Crippen LogP) is 4.49. The second kappa shape index (κ2) is 9.50. The number of carbonyl (C=O) groups is 2. The molecule has 0 unspecified atom stereocenters. The zero-order valence-corrected chi connectivity index (χ0v) is 16.4. The maximum Gasteiger partial charge on any atom is 0.340 e. The summed E-state index contributed by atoms with van der Waals surface area (Å²) in [5, 5.41) is 5.97. The Labute approximate surface area is 169 Å². The largest absolute Gasteiger partial charge is 0.462 e.